The van der Waals surface area contributed by atoms with Crippen LogP contribution in [0.2, 0.25) is 0 Å². The van der Waals surface area contributed by atoms with E-state index in [0.29, 0.717) is 24.0 Å². The Labute approximate surface area is 155 Å². The molecule has 0 saturated carbocycles. The van der Waals surface area contributed by atoms with E-state index in [1.165, 1.54) is 17.7 Å². The second-order valence-electron chi connectivity index (χ2n) is 6.19. The Morgan fingerprint density at radius 2 is 1.56 bits per heavy atom. The van der Waals surface area contributed by atoms with Gasteiger partial charge in [-0.3, -0.25) is 0 Å². The van der Waals surface area contributed by atoms with Crippen molar-refractivity contribution < 1.29 is 13.2 Å². The van der Waals surface area contributed by atoms with Gasteiger partial charge in [-0.15, -0.1) is 0 Å². The van der Waals surface area contributed by atoms with Crippen molar-refractivity contribution in [2.45, 2.75) is 26.6 Å². The van der Waals surface area contributed by atoms with Crippen LogP contribution in [0.15, 0.2) is 54.6 Å². The third kappa shape index (κ3) is 4.97. The van der Waals surface area contributed by atoms with Gasteiger partial charge in [0.05, 0.1) is 11.3 Å². The lowest BCUT2D eigenvalue weighted by Crippen LogP contribution is -2.10. The number of para-hydroxylation sites is 1. The van der Waals surface area contributed by atoms with Crippen LogP contribution in [0, 0.1) is 13.8 Å². The Balaban J connectivity index is 1.79. The minimum Gasteiger partial charge on any atom is -0.366 e. The van der Waals surface area contributed by atoms with Crippen LogP contribution in [0.1, 0.15) is 22.5 Å². The average Bonchev–Trinajstić information content (AvgIpc) is 2.60. The fourth-order valence-electron chi connectivity index (χ4n) is 2.60. The number of halogens is 3. The topological polar surface area (TPSA) is 49.8 Å². The molecule has 1 aromatic heterocycles. The first-order valence-corrected chi connectivity index (χ1v) is 8.39. The third-order valence-electron chi connectivity index (χ3n) is 3.93. The van der Waals surface area contributed by atoms with Gasteiger partial charge in [0.25, 0.3) is 0 Å². The number of aromatic nitrogens is 2. The normalized spacial score (nSPS) is 11.3. The zero-order valence-corrected chi connectivity index (χ0v) is 14.9. The van der Waals surface area contributed by atoms with Gasteiger partial charge < -0.3 is 10.6 Å². The minimum absolute atomic E-state index is 0.0485. The maximum absolute atomic E-state index is 13.2. The highest BCUT2D eigenvalue weighted by atomic mass is 19.4. The highest BCUT2D eigenvalue weighted by Gasteiger charge is 2.33. The predicted octanol–water partition coefficient (Wildman–Crippen LogP) is 5.47. The number of anilines is 3. The number of alkyl halides is 3. The lowest BCUT2D eigenvalue weighted by Gasteiger charge is -2.15. The maximum atomic E-state index is 13.2. The molecule has 27 heavy (non-hydrogen) atoms. The van der Waals surface area contributed by atoms with E-state index in [9.17, 15) is 13.2 Å². The Bertz CT molecular complexity index is 921. The molecule has 0 unspecified atom stereocenters. The Morgan fingerprint density at radius 1 is 0.889 bits per heavy atom. The fraction of sp³-hybridized carbons (Fsp3) is 0.200. The molecule has 3 rings (SSSR count). The van der Waals surface area contributed by atoms with Gasteiger partial charge in [0.15, 0.2) is 0 Å². The number of aryl methyl sites for hydroxylation is 2. The summed E-state index contributed by atoms with van der Waals surface area (Å²) in [6.45, 7) is 4.26. The van der Waals surface area contributed by atoms with E-state index in [4.69, 9.17) is 0 Å². The lowest BCUT2D eigenvalue weighted by atomic mass is 10.1. The molecule has 0 fully saturated rings. The molecule has 0 spiro atoms. The molecule has 0 atom stereocenters. The molecule has 0 saturated heterocycles. The number of nitrogens with one attached hydrogen (secondary N) is 2. The van der Waals surface area contributed by atoms with Crippen molar-refractivity contribution in [1.82, 2.24) is 9.97 Å². The first-order chi connectivity index (χ1) is 12.8. The van der Waals surface area contributed by atoms with Crippen LogP contribution < -0.4 is 10.6 Å². The average molecular weight is 372 g/mol. The molecule has 4 nitrogen and oxygen atoms in total. The minimum atomic E-state index is -4.45. The first-order valence-electron chi connectivity index (χ1n) is 8.39. The van der Waals surface area contributed by atoms with Crippen LogP contribution in [-0.2, 0) is 12.7 Å². The summed E-state index contributed by atoms with van der Waals surface area (Å²) in [5, 5.41) is 5.93. The fourth-order valence-corrected chi connectivity index (χ4v) is 2.60. The molecule has 0 aliphatic heterocycles. The Morgan fingerprint density at radius 3 is 2.26 bits per heavy atom. The van der Waals surface area contributed by atoms with E-state index < -0.39 is 11.7 Å². The smallest absolute Gasteiger partial charge is 0.366 e. The second kappa shape index (κ2) is 7.65. The second-order valence-corrected chi connectivity index (χ2v) is 6.19. The van der Waals surface area contributed by atoms with Crippen molar-refractivity contribution in [3.63, 3.8) is 0 Å². The van der Waals surface area contributed by atoms with Crippen molar-refractivity contribution in [3.8, 4) is 0 Å². The molecule has 3 aromatic rings. The monoisotopic (exact) mass is 372 g/mol. The quantitative estimate of drug-likeness (QED) is 0.624. The Kier molecular flexibility index (Phi) is 5.30. The van der Waals surface area contributed by atoms with Crippen molar-refractivity contribution in [1.29, 1.82) is 0 Å². The molecule has 7 heteroatoms. The summed E-state index contributed by atoms with van der Waals surface area (Å²) in [4.78, 5) is 8.48. The van der Waals surface area contributed by atoms with Crippen LogP contribution >= 0.6 is 0 Å². The molecule has 0 aliphatic rings. The maximum Gasteiger partial charge on any atom is 0.418 e. The van der Waals surface area contributed by atoms with Crippen molar-refractivity contribution >= 4 is 17.3 Å². The van der Waals surface area contributed by atoms with Crippen LogP contribution in [0.25, 0.3) is 0 Å². The summed E-state index contributed by atoms with van der Waals surface area (Å²) in [6, 6.07) is 15.0. The summed E-state index contributed by atoms with van der Waals surface area (Å²) in [5.41, 5.74) is 1.46. The van der Waals surface area contributed by atoms with Crippen LogP contribution in [0.4, 0.5) is 30.5 Å². The molecular weight excluding hydrogens is 353 g/mol. The van der Waals surface area contributed by atoms with Gasteiger partial charge in [-0.1, -0.05) is 42.0 Å². The van der Waals surface area contributed by atoms with Crippen molar-refractivity contribution in [2.75, 3.05) is 10.6 Å². The molecule has 2 aromatic carbocycles. The highest BCUT2D eigenvalue weighted by molar-refractivity contribution is 5.63. The Hall–Kier alpha value is -3.09. The molecule has 140 valence electrons. The van der Waals surface area contributed by atoms with Gasteiger partial charge in [-0.05, 0) is 31.5 Å². The zero-order chi connectivity index (χ0) is 19.4. The number of benzene rings is 2. The molecule has 0 bridgehead atoms. The van der Waals surface area contributed by atoms with Crippen LogP contribution in [0.3, 0.4) is 0 Å². The number of rotatable bonds is 5. The van der Waals surface area contributed by atoms with Gasteiger partial charge >= 0.3 is 6.18 Å². The number of nitrogens with zero attached hydrogens (tertiary/aromatic N) is 2. The summed E-state index contributed by atoms with van der Waals surface area (Å²) in [5.74, 6) is 1.29. The van der Waals surface area contributed by atoms with Gasteiger partial charge in [0.2, 0.25) is 0 Å². The summed E-state index contributed by atoms with van der Waals surface area (Å²) >= 11 is 0. The van der Waals surface area contributed by atoms with Crippen LogP contribution in [-0.4, -0.2) is 9.97 Å². The molecule has 0 aliphatic carbocycles. The third-order valence-corrected chi connectivity index (χ3v) is 3.93. The van der Waals surface area contributed by atoms with E-state index in [1.54, 1.807) is 19.1 Å². The van der Waals surface area contributed by atoms with Crippen LogP contribution in [0.5, 0.6) is 0 Å². The largest absolute Gasteiger partial charge is 0.418 e. The summed E-state index contributed by atoms with van der Waals surface area (Å²) in [7, 11) is 0. The molecular formula is C20H19F3N4. The zero-order valence-electron chi connectivity index (χ0n) is 14.9. The standard InChI is InChI=1S/C20H19F3N4/c1-13-7-9-15(10-8-13)12-24-18-11-19(26-14(2)25-18)27-17-6-4-3-5-16(17)20(21,22)23/h3-11H,12H2,1-2H3,(H2,24,25,26,27). The lowest BCUT2D eigenvalue weighted by molar-refractivity contribution is -0.136. The van der Waals surface area contributed by atoms with Crippen molar-refractivity contribution in [2.24, 2.45) is 0 Å². The molecule has 1 heterocycles. The number of hydrogen-bond acceptors (Lipinski definition) is 4. The summed E-state index contributed by atoms with van der Waals surface area (Å²) in [6.07, 6.45) is -4.45. The van der Waals surface area contributed by atoms with E-state index in [1.807, 2.05) is 31.2 Å². The van der Waals surface area contributed by atoms with E-state index in [0.717, 1.165) is 11.6 Å². The highest BCUT2D eigenvalue weighted by Crippen LogP contribution is 2.35. The first kappa shape index (κ1) is 18.7. The van der Waals surface area contributed by atoms with E-state index in [2.05, 4.69) is 20.6 Å². The SMILES string of the molecule is Cc1ccc(CNc2cc(Nc3ccccc3C(F)(F)F)nc(C)n2)cc1. The van der Waals surface area contributed by atoms with Gasteiger partial charge in [0, 0.05) is 12.6 Å². The van der Waals surface area contributed by atoms with Gasteiger partial charge in [0.1, 0.15) is 17.5 Å². The van der Waals surface area contributed by atoms with Gasteiger partial charge in [-0.2, -0.15) is 13.2 Å². The molecule has 2 N–H and O–H groups in total. The van der Waals surface area contributed by atoms with E-state index in [-0.39, 0.29) is 5.69 Å². The predicted molar refractivity (Wildman–Crippen MR) is 100 cm³/mol. The van der Waals surface area contributed by atoms with Gasteiger partial charge in [-0.25, -0.2) is 9.97 Å². The number of hydrogen-bond donors (Lipinski definition) is 2. The summed E-state index contributed by atoms with van der Waals surface area (Å²) < 4.78 is 39.5. The van der Waals surface area contributed by atoms with E-state index >= 15 is 0 Å². The molecule has 0 amide bonds. The van der Waals surface area contributed by atoms with Crippen molar-refractivity contribution in [3.05, 3.63) is 77.1 Å². The molecule has 0 radical (unpaired) electrons.